The number of imidazole rings is 1. The van der Waals surface area contributed by atoms with Crippen LogP contribution in [-0.4, -0.2) is 25.0 Å². The summed E-state index contributed by atoms with van der Waals surface area (Å²) in [6.07, 6.45) is 1.97. The molecule has 1 unspecified atom stereocenters. The highest BCUT2D eigenvalue weighted by molar-refractivity contribution is 9.10. The van der Waals surface area contributed by atoms with Crippen LogP contribution in [0.4, 0.5) is 5.69 Å². The van der Waals surface area contributed by atoms with Gasteiger partial charge in [-0.3, -0.25) is 4.72 Å². The Kier molecular flexibility index (Phi) is 4.26. The highest BCUT2D eigenvalue weighted by atomic mass is 79.9. The zero-order chi connectivity index (χ0) is 17.4. The molecule has 0 saturated carbocycles. The van der Waals surface area contributed by atoms with Gasteiger partial charge in [0.05, 0.1) is 16.7 Å². The van der Waals surface area contributed by atoms with Gasteiger partial charge in [0, 0.05) is 11.1 Å². The van der Waals surface area contributed by atoms with Crippen molar-refractivity contribution in [1.82, 2.24) is 9.97 Å². The fourth-order valence-corrected chi connectivity index (χ4v) is 4.97. The molecule has 4 rings (SSSR count). The van der Waals surface area contributed by atoms with Crippen LogP contribution in [0, 0.1) is 0 Å². The van der Waals surface area contributed by atoms with Crippen LogP contribution in [0.5, 0.6) is 0 Å². The average molecular weight is 422 g/mol. The Morgan fingerprint density at radius 1 is 1.24 bits per heavy atom. The van der Waals surface area contributed by atoms with Crippen LogP contribution in [0.3, 0.4) is 0 Å². The van der Waals surface area contributed by atoms with Gasteiger partial charge in [0.1, 0.15) is 16.8 Å². The molecular formula is C17H16BrN3O3S. The van der Waals surface area contributed by atoms with E-state index in [4.69, 9.17) is 4.74 Å². The number of fused-ring (bicyclic) bond motifs is 1. The second-order valence-corrected chi connectivity index (χ2v) is 8.40. The second kappa shape index (κ2) is 6.44. The fraction of sp³-hybridized carbons (Fsp3) is 0.235. The number of ether oxygens (including phenoxy) is 1. The first kappa shape index (κ1) is 16.6. The SMILES string of the molecule is O=S(=O)(Nc1ccc2nc(C3CCCO3)[nH]c2c1)c1ccccc1Br. The van der Waals surface area contributed by atoms with E-state index >= 15 is 0 Å². The highest BCUT2D eigenvalue weighted by Gasteiger charge is 2.22. The minimum Gasteiger partial charge on any atom is -0.370 e. The predicted molar refractivity (Wildman–Crippen MR) is 99.0 cm³/mol. The lowest BCUT2D eigenvalue weighted by Crippen LogP contribution is -2.13. The van der Waals surface area contributed by atoms with Crippen molar-refractivity contribution in [2.75, 3.05) is 11.3 Å². The van der Waals surface area contributed by atoms with E-state index < -0.39 is 10.0 Å². The number of hydrogen-bond donors (Lipinski definition) is 2. The van der Waals surface area contributed by atoms with Gasteiger partial charge in [-0.2, -0.15) is 0 Å². The topological polar surface area (TPSA) is 84.1 Å². The normalized spacial score (nSPS) is 17.9. The lowest BCUT2D eigenvalue weighted by Gasteiger charge is -2.09. The van der Waals surface area contributed by atoms with Crippen molar-refractivity contribution in [3.8, 4) is 0 Å². The average Bonchev–Trinajstić information content (AvgIpc) is 3.23. The number of halogens is 1. The molecule has 0 radical (unpaired) electrons. The number of aromatic nitrogens is 2. The van der Waals surface area contributed by atoms with Gasteiger partial charge >= 0.3 is 0 Å². The molecule has 25 heavy (non-hydrogen) atoms. The maximum Gasteiger partial charge on any atom is 0.263 e. The maximum atomic E-state index is 12.6. The van der Waals surface area contributed by atoms with Crippen LogP contribution in [0.15, 0.2) is 51.8 Å². The quantitative estimate of drug-likeness (QED) is 0.666. The predicted octanol–water partition coefficient (Wildman–Crippen LogP) is 3.98. The number of anilines is 1. The van der Waals surface area contributed by atoms with Gasteiger partial charge in [-0.1, -0.05) is 12.1 Å². The first-order valence-corrected chi connectivity index (χ1v) is 10.2. The van der Waals surface area contributed by atoms with E-state index in [0.29, 0.717) is 10.2 Å². The van der Waals surface area contributed by atoms with Crippen LogP contribution in [0.25, 0.3) is 11.0 Å². The number of hydrogen-bond acceptors (Lipinski definition) is 4. The molecule has 3 aromatic rings. The summed E-state index contributed by atoms with van der Waals surface area (Å²) in [7, 11) is -3.68. The van der Waals surface area contributed by atoms with Crippen molar-refractivity contribution in [3.63, 3.8) is 0 Å². The van der Waals surface area contributed by atoms with E-state index in [1.807, 2.05) is 0 Å². The molecule has 2 N–H and O–H groups in total. The molecular weight excluding hydrogens is 406 g/mol. The van der Waals surface area contributed by atoms with Crippen molar-refractivity contribution in [2.45, 2.75) is 23.8 Å². The Hall–Kier alpha value is -1.90. The van der Waals surface area contributed by atoms with E-state index in [0.717, 1.165) is 36.3 Å². The van der Waals surface area contributed by atoms with Crippen molar-refractivity contribution in [1.29, 1.82) is 0 Å². The van der Waals surface area contributed by atoms with Crippen LogP contribution >= 0.6 is 15.9 Å². The Morgan fingerprint density at radius 3 is 2.84 bits per heavy atom. The molecule has 6 nitrogen and oxygen atoms in total. The molecule has 130 valence electrons. The summed E-state index contributed by atoms with van der Waals surface area (Å²) in [4.78, 5) is 7.97. The summed E-state index contributed by atoms with van der Waals surface area (Å²) in [5.41, 5.74) is 2.04. The molecule has 1 aromatic heterocycles. The maximum absolute atomic E-state index is 12.6. The Bertz CT molecular complexity index is 1030. The third kappa shape index (κ3) is 3.29. The van der Waals surface area contributed by atoms with Gasteiger partial charge in [0.15, 0.2) is 0 Å². The number of sulfonamides is 1. The van der Waals surface area contributed by atoms with E-state index in [9.17, 15) is 8.42 Å². The number of H-pyrrole nitrogens is 1. The van der Waals surface area contributed by atoms with Gasteiger partial charge in [0.2, 0.25) is 0 Å². The summed E-state index contributed by atoms with van der Waals surface area (Å²) in [6.45, 7) is 0.749. The fourth-order valence-electron chi connectivity index (χ4n) is 2.91. The van der Waals surface area contributed by atoms with E-state index in [1.165, 1.54) is 0 Å². The van der Waals surface area contributed by atoms with Crippen molar-refractivity contribution < 1.29 is 13.2 Å². The van der Waals surface area contributed by atoms with E-state index in [-0.39, 0.29) is 11.0 Å². The lowest BCUT2D eigenvalue weighted by molar-refractivity contribution is 0.106. The van der Waals surface area contributed by atoms with Crippen molar-refractivity contribution >= 4 is 42.7 Å². The zero-order valence-corrected chi connectivity index (χ0v) is 15.6. The molecule has 0 amide bonds. The standard InChI is InChI=1S/C17H16BrN3O3S/c18-12-4-1-2-6-16(12)25(22,23)21-11-7-8-13-14(10-11)20-17(19-13)15-5-3-9-24-15/h1-2,4,6-8,10,15,21H,3,5,9H2,(H,19,20). The van der Waals surface area contributed by atoms with E-state index in [1.54, 1.807) is 42.5 Å². The largest absolute Gasteiger partial charge is 0.370 e. The van der Waals surface area contributed by atoms with Crippen LogP contribution < -0.4 is 4.72 Å². The Labute approximate surface area is 153 Å². The lowest BCUT2D eigenvalue weighted by atomic mass is 10.2. The molecule has 1 atom stereocenters. The van der Waals surface area contributed by atoms with Gasteiger partial charge in [-0.15, -0.1) is 0 Å². The Morgan fingerprint density at radius 2 is 2.08 bits per heavy atom. The third-order valence-electron chi connectivity index (χ3n) is 4.11. The minimum absolute atomic E-state index is 0.00665. The molecule has 0 bridgehead atoms. The first-order valence-electron chi connectivity index (χ1n) is 7.91. The number of aromatic amines is 1. The highest BCUT2D eigenvalue weighted by Crippen LogP contribution is 2.29. The Balaban J connectivity index is 1.64. The molecule has 0 aliphatic carbocycles. The molecule has 2 heterocycles. The number of benzene rings is 2. The van der Waals surface area contributed by atoms with Crippen molar-refractivity contribution in [2.24, 2.45) is 0 Å². The summed E-state index contributed by atoms with van der Waals surface area (Å²) in [5, 5.41) is 0. The number of nitrogens with one attached hydrogen (secondary N) is 2. The third-order valence-corrected chi connectivity index (χ3v) is 6.51. The molecule has 2 aromatic carbocycles. The summed E-state index contributed by atoms with van der Waals surface area (Å²) in [5.74, 6) is 0.790. The van der Waals surface area contributed by atoms with Crippen LogP contribution in [0.2, 0.25) is 0 Å². The monoisotopic (exact) mass is 421 g/mol. The number of nitrogens with zero attached hydrogens (tertiary/aromatic N) is 1. The molecule has 1 fully saturated rings. The molecule has 1 aliphatic rings. The summed E-state index contributed by atoms with van der Waals surface area (Å²) >= 11 is 3.28. The molecule has 1 saturated heterocycles. The zero-order valence-electron chi connectivity index (χ0n) is 13.2. The van der Waals surface area contributed by atoms with Gasteiger partial charge < -0.3 is 9.72 Å². The van der Waals surface area contributed by atoms with Crippen molar-refractivity contribution in [3.05, 3.63) is 52.8 Å². The minimum atomic E-state index is -3.68. The summed E-state index contributed by atoms with van der Waals surface area (Å²) in [6, 6.07) is 11.9. The molecule has 1 aliphatic heterocycles. The van der Waals surface area contributed by atoms with E-state index in [2.05, 4.69) is 30.6 Å². The van der Waals surface area contributed by atoms with Gasteiger partial charge in [-0.25, -0.2) is 13.4 Å². The summed E-state index contributed by atoms with van der Waals surface area (Å²) < 4.78 is 33.9. The first-order chi connectivity index (χ1) is 12.0. The molecule has 0 spiro atoms. The van der Waals surface area contributed by atoms with Crippen LogP contribution in [0.1, 0.15) is 24.8 Å². The smallest absolute Gasteiger partial charge is 0.263 e. The van der Waals surface area contributed by atoms with Gasteiger partial charge in [-0.05, 0) is 59.1 Å². The number of rotatable bonds is 4. The molecule has 8 heteroatoms. The second-order valence-electron chi connectivity index (χ2n) is 5.89. The van der Waals surface area contributed by atoms with Crippen LogP contribution in [-0.2, 0) is 14.8 Å². The van der Waals surface area contributed by atoms with Gasteiger partial charge in [0.25, 0.3) is 10.0 Å².